The molecule has 0 radical (unpaired) electrons. The largest absolute Gasteiger partial charge is 0.467 e. The third kappa shape index (κ3) is 5.17. The Balaban J connectivity index is 1.91. The molecule has 36 heavy (non-hydrogen) atoms. The number of carbonyl (C=O) groups is 3. The van der Waals surface area contributed by atoms with Crippen LogP contribution in [0, 0.1) is 0 Å². The maximum absolute atomic E-state index is 14.1. The van der Waals surface area contributed by atoms with E-state index in [1.807, 2.05) is 6.92 Å². The fraction of sp³-hybridized carbons (Fsp3) is 0.222. The lowest BCUT2D eigenvalue weighted by Crippen LogP contribution is -2.44. The van der Waals surface area contributed by atoms with Gasteiger partial charge in [0.15, 0.2) is 6.04 Å². The van der Waals surface area contributed by atoms with Gasteiger partial charge in [0.25, 0.3) is 11.8 Å². The zero-order valence-corrected chi connectivity index (χ0v) is 21.3. The summed E-state index contributed by atoms with van der Waals surface area (Å²) in [6, 6.07) is 15.9. The van der Waals surface area contributed by atoms with Gasteiger partial charge < -0.3 is 20.3 Å². The molecule has 0 fully saturated rings. The number of rotatable bonds is 7. The molecule has 3 aromatic carbocycles. The number of hydrogen-bond donors (Lipinski definition) is 2. The Morgan fingerprint density at radius 3 is 2.28 bits per heavy atom. The van der Waals surface area contributed by atoms with Gasteiger partial charge in [0.1, 0.15) is 6.04 Å². The monoisotopic (exact) mass is 525 g/mol. The summed E-state index contributed by atoms with van der Waals surface area (Å²) < 4.78 is 5.10. The van der Waals surface area contributed by atoms with Crippen molar-refractivity contribution in [1.82, 2.24) is 4.90 Å². The fourth-order valence-electron chi connectivity index (χ4n) is 4.19. The molecule has 0 aliphatic carbocycles. The standard InChI is InChI=1S/C27H25Cl2N3O4/c1-3-14-30-20-12-13-21-22(15-20)31-25(33)23(16-4-8-18(28)9-5-16)32(26(21)34)24(27(35)36-2)17-6-10-19(29)11-7-17/h4-13,15,23-24,30H,3,14H2,1-2H3,(H,31,33). The molecule has 0 saturated carbocycles. The zero-order chi connectivity index (χ0) is 25.8. The van der Waals surface area contributed by atoms with Crippen LogP contribution in [-0.2, 0) is 14.3 Å². The highest BCUT2D eigenvalue weighted by Crippen LogP contribution is 2.39. The van der Waals surface area contributed by atoms with E-state index in [-0.39, 0.29) is 5.56 Å². The van der Waals surface area contributed by atoms with Crippen molar-refractivity contribution in [2.24, 2.45) is 0 Å². The van der Waals surface area contributed by atoms with Crippen LogP contribution in [-0.4, -0.2) is 36.3 Å². The van der Waals surface area contributed by atoms with Crippen molar-refractivity contribution in [1.29, 1.82) is 0 Å². The van der Waals surface area contributed by atoms with Crippen LogP contribution in [0.25, 0.3) is 0 Å². The molecule has 7 nitrogen and oxygen atoms in total. The van der Waals surface area contributed by atoms with E-state index >= 15 is 0 Å². The van der Waals surface area contributed by atoms with Gasteiger partial charge >= 0.3 is 5.97 Å². The van der Waals surface area contributed by atoms with Gasteiger partial charge in [-0.2, -0.15) is 0 Å². The Kier molecular flexibility index (Phi) is 7.82. The summed E-state index contributed by atoms with van der Waals surface area (Å²) >= 11 is 12.2. The first-order chi connectivity index (χ1) is 17.3. The molecular formula is C27H25Cl2N3O4. The number of esters is 1. The first-order valence-electron chi connectivity index (χ1n) is 11.4. The number of benzene rings is 3. The number of ether oxygens (including phenoxy) is 1. The SMILES string of the molecule is CCCNc1ccc2c(c1)NC(=O)C(c1ccc(Cl)cc1)N(C(C(=O)OC)c1ccc(Cl)cc1)C2=O. The van der Waals surface area contributed by atoms with Crippen LogP contribution in [0.5, 0.6) is 0 Å². The second-order valence-electron chi connectivity index (χ2n) is 8.32. The lowest BCUT2D eigenvalue weighted by atomic mass is 9.97. The van der Waals surface area contributed by atoms with Crippen molar-refractivity contribution < 1.29 is 19.1 Å². The molecule has 2 amide bonds. The van der Waals surface area contributed by atoms with Crippen LogP contribution in [0.15, 0.2) is 66.7 Å². The Morgan fingerprint density at radius 1 is 1.03 bits per heavy atom. The topological polar surface area (TPSA) is 87.7 Å². The Bertz CT molecular complexity index is 1280. The number of methoxy groups -OCH3 is 1. The van der Waals surface area contributed by atoms with Crippen molar-refractivity contribution in [3.05, 3.63) is 93.5 Å². The van der Waals surface area contributed by atoms with Gasteiger partial charge in [-0.1, -0.05) is 54.4 Å². The quantitative estimate of drug-likeness (QED) is 0.377. The molecule has 0 spiro atoms. The maximum Gasteiger partial charge on any atom is 0.333 e. The van der Waals surface area contributed by atoms with Gasteiger partial charge in [-0.3, -0.25) is 9.59 Å². The van der Waals surface area contributed by atoms with E-state index in [0.29, 0.717) is 26.9 Å². The van der Waals surface area contributed by atoms with E-state index in [2.05, 4.69) is 10.6 Å². The number of carbonyl (C=O) groups excluding carboxylic acids is 3. The van der Waals surface area contributed by atoms with Crippen LogP contribution in [0.3, 0.4) is 0 Å². The summed E-state index contributed by atoms with van der Waals surface area (Å²) in [4.78, 5) is 42.3. The molecule has 186 valence electrons. The second kappa shape index (κ2) is 11.0. The highest BCUT2D eigenvalue weighted by Gasteiger charge is 2.44. The van der Waals surface area contributed by atoms with Crippen LogP contribution in [0.2, 0.25) is 10.0 Å². The van der Waals surface area contributed by atoms with Gasteiger partial charge in [0.05, 0.1) is 18.4 Å². The summed E-state index contributed by atoms with van der Waals surface area (Å²) in [7, 11) is 1.24. The summed E-state index contributed by atoms with van der Waals surface area (Å²) in [5, 5.41) is 7.09. The van der Waals surface area contributed by atoms with Crippen molar-refractivity contribution in [3.8, 4) is 0 Å². The lowest BCUT2D eigenvalue weighted by Gasteiger charge is -2.35. The molecule has 9 heteroatoms. The molecular weight excluding hydrogens is 501 g/mol. The highest BCUT2D eigenvalue weighted by atomic mass is 35.5. The van der Waals surface area contributed by atoms with Crippen LogP contribution < -0.4 is 10.6 Å². The predicted molar refractivity (Wildman–Crippen MR) is 140 cm³/mol. The van der Waals surface area contributed by atoms with Gasteiger partial charge in [-0.15, -0.1) is 0 Å². The fourth-order valence-corrected chi connectivity index (χ4v) is 4.44. The number of nitrogens with one attached hydrogen (secondary N) is 2. The first-order valence-corrected chi connectivity index (χ1v) is 12.2. The zero-order valence-electron chi connectivity index (χ0n) is 19.8. The maximum atomic E-state index is 14.1. The molecule has 2 N–H and O–H groups in total. The minimum atomic E-state index is -1.21. The number of halogens is 2. The summed E-state index contributed by atoms with van der Waals surface area (Å²) in [5.74, 6) is -1.67. The Hall–Kier alpha value is -3.55. The lowest BCUT2D eigenvalue weighted by molar-refractivity contribution is -0.147. The van der Waals surface area contributed by atoms with E-state index < -0.39 is 29.9 Å². The number of nitrogens with zero attached hydrogens (tertiary/aromatic N) is 1. The molecule has 0 saturated heterocycles. The molecule has 0 bridgehead atoms. The normalized spacial score (nSPS) is 16.0. The summed E-state index contributed by atoms with van der Waals surface area (Å²) in [6.45, 7) is 2.78. The molecule has 2 atom stereocenters. The average Bonchev–Trinajstić information content (AvgIpc) is 2.98. The first kappa shape index (κ1) is 25.5. The van der Waals surface area contributed by atoms with Crippen LogP contribution >= 0.6 is 23.2 Å². The highest BCUT2D eigenvalue weighted by molar-refractivity contribution is 6.30. The van der Waals surface area contributed by atoms with Crippen molar-refractivity contribution in [2.45, 2.75) is 25.4 Å². The number of amides is 2. The summed E-state index contributed by atoms with van der Waals surface area (Å²) in [6.07, 6.45) is 0.913. The van der Waals surface area contributed by atoms with E-state index in [4.69, 9.17) is 27.9 Å². The van der Waals surface area contributed by atoms with Crippen LogP contribution in [0.4, 0.5) is 11.4 Å². The van der Waals surface area contributed by atoms with Crippen molar-refractivity contribution in [2.75, 3.05) is 24.3 Å². The molecule has 0 aromatic heterocycles. The Labute approximate surface area is 219 Å². The third-order valence-electron chi connectivity index (χ3n) is 5.92. The summed E-state index contributed by atoms with van der Waals surface area (Å²) in [5.41, 5.74) is 2.32. The van der Waals surface area contributed by atoms with E-state index in [9.17, 15) is 14.4 Å². The molecule has 1 aliphatic heterocycles. The van der Waals surface area contributed by atoms with Crippen molar-refractivity contribution >= 4 is 52.4 Å². The van der Waals surface area contributed by atoms with Gasteiger partial charge in [-0.25, -0.2) is 4.79 Å². The van der Waals surface area contributed by atoms with E-state index in [0.717, 1.165) is 18.7 Å². The van der Waals surface area contributed by atoms with Gasteiger partial charge in [-0.05, 0) is 60.0 Å². The smallest absolute Gasteiger partial charge is 0.333 e. The molecule has 1 aliphatic rings. The molecule has 1 heterocycles. The van der Waals surface area contributed by atoms with Gasteiger partial charge in [0, 0.05) is 22.3 Å². The van der Waals surface area contributed by atoms with E-state index in [1.165, 1.54) is 12.0 Å². The number of anilines is 2. The predicted octanol–water partition coefficient (Wildman–Crippen LogP) is 5.87. The van der Waals surface area contributed by atoms with E-state index in [1.54, 1.807) is 66.7 Å². The minimum absolute atomic E-state index is 0.254. The van der Waals surface area contributed by atoms with Gasteiger partial charge in [0.2, 0.25) is 0 Å². The number of fused-ring (bicyclic) bond motifs is 1. The Morgan fingerprint density at radius 2 is 1.67 bits per heavy atom. The minimum Gasteiger partial charge on any atom is -0.467 e. The van der Waals surface area contributed by atoms with Crippen molar-refractivity contribution in [3.63, 3.8) is 0 Å². The third-order valence-corrected chi connectivity index (χ3v) is 6.43. The average molecular weight is 526 g/mol. The second-order valence-corrected chi connectivity index (χ2v) is 9.19. The molecule has 4 rings (SSSR count). The molecule has 2 unspecified atom stereocenters. The van der Waals surface area contributed by atoms with Crippen LogP contribution in [0.1, 0.15) is 46.9 Å². The molecule has 3 aromatic rings. The number of hydrogen-bond acceptors (Lipinski definition) is 5.